The summed E-state index contributed by atoms with van der Waals surface area (Å²) in [4.78, 5) is 25.1. The van der Waals surface area contributed by atoms with Crippen LogP contribution in [0.15, 0.2) is 36.4 Å². The van der Waals surface area contributed by atoms with Gasteiger partial charge in [0.05, 0.1) is 31.4 Å². The van der Waals surface area contributed by atoms with Crippen LogP contribution in [0.3, 0.4) is 0 Å². The molecule has 0 bridgehead atoms. The summed E-state index contributed by atoms with van der Waals surface area (Å²) >= 11 is 0. The Kier molecular flexibility index (Phi) is 8.19. The van der Waals surface area contributed by atoms with Crippen LogP contribution >= 0.6 is 0 Å². The van der Waals surface area contributed by atoms with Crippen LogP contribution in [0.25, 0.3) is 0 Å². The molecule has 1 heterocycles. The number of nitrogens with one attached hydrogen (secondary N) is 2. The second-order valence-corrected chi connectivity index (χ2v) is 7.19. The van der Waals surface area contributed by atoms with Gasteiger partial charge in [0.1, 0.15) is 12.4 Å². The van der Waals surface area contributed by atoms with Crippen molar-refractivity contribution in [3.8, 4) is 23.0 Å². The lowest BCUT2D eigenvalue weighted by Gasteiger charge is -2.18. The van der Waals surface area contributed by atoms with E-state index < -0.39 is 5.92 Å². The van der Waals surface area contributed by atoms with Crippen LogP contribution in [-0.2, 0) is 16.1 Å². The van der Waals surface area contributed by atoms with E-state index in [1.54, 1.807) is 12.1 Å². The molecule has 0 spiro atoms. The van der Waals surface area contributed by atoms with Gasteiger partial charge in [0, 0.05) is 13.0 Å². The predicted octanol–water partition coefficient (Wildman–Crippen LogP) is 3.54. The Morgan fingerprint density at radius 2 is 1.72 bits per heavy atom. The number of anilines is 1. The fourth-order valence-corrected chi connectivity index (χ4v) is 3.39. The lowest BCUT2D eigenvalue weighted by atomic mass is 10.1. The molecule has 2 aromatic carbocycles. The maximum absolute atomic E-state index is 12.6. The summed E-state index contributed by atoms with van der Waals surface area (Å²) in [5.74, 6) is 1.23. The fraction of sp³-hybridized carbons (Fsp3) is 0.417. The average molecular weight is 443 g/mol. The number of carbonyl (C=O) groups excluding carboxylic acids is 2. The van der Waals surface area contributed by atoms with E-state index in [4.69, 9.17) is 18.9 Å². The molecule has 32 heavy (non-hydrogen) atoms. The number of hydrogen-bond acceptors (Lipinski definition) is 6. The Morgan fingerprint density at radius 1 is 1.06 bits per heavy atom. The van der Waals surface area contributed by atoms with Gasteiger partial charge in [0.2, 0.25) is 17.6 Å². The molecule has 2 aromatic rings. The fourth-order valence-electron chi connectivity index (χ4n) is 3.39. The van der Waals surface area contributed by atoms with Gasteiger partial charge < -0.3 is 29.6 Å². The Balaban J connectivity index is 1.64. The van der Waals surface area contributed by atoms with Crippen LogP contribution in [0.2, 0.25) is 0 Å². The second kappa shape index (κ2) is 11.3. The number of hydrogen-bond donors (Lipinski definition) is 2. The molecule has 2 N–H and O–H groups in total. The number of amides is 2. The van der Waals surface area contributed by atoms with Crippen LogP contribution < -0.4 is 29.6 Å². The summed E-state index contributed by atoms with van der Waals surface area (Å²) in [5.41, 5.74) is 1.42. The van der Waals surface area contributed by atoms with Crippen molar-refractivity contribution in [2.75, 3.05) is 31.7 Å². The first-order chi connectivity index (χ1) is 15.5. The highest BCUT2D eigenvalue weighted by molar-refractivity contribution is 5.97. The Hall–Kier alpha value is -3.42. The average Bonchev–Trinajstić information content (AvgIpc) is 2.93. The molecule has 0 aliphatic carbocycles. The normalized spacial score (nSPS) is 15.0. The molecule has 0 unspecified atom stereocenters. The summed E-state index contributed by atoms with van der Waals surface area (Å²) in [6, 6.07) is 10.9. The molecular weight excluding hydrogens is 412 g/mol. The van der Waals surface area contributed by atoms with Gasteiger partial charge in [0.25, 0.3) is 0 Å². The molecule has 3 rings (SSSR count). The largest absolute Gasteiger partial charge is 0.491 e. The molecule has 0 saturated heterocycles. The summed E-state index contributed by atoms with van der Waals surface area (Å²) in [5, 5.41) is 5.69. The van der Waals surface area contributed by atoms with Crippen molar-refractivity contribution < 1.29 is 28.5 Å². The van der Waals surface area contributed by atoms with E-state index >= 15 is 0 Å². The van der Waals surface area contributed by atoms with Crippen LogP contribution in [0.5, 0.6) is 23.0 Å². The Morgan fingerprint density at radius 3 is 2.38 bits per heavy atom. The third kappa shape index (κ3) is 5.84. The molecule has 0 fully saturated rings. The first-order valence-corrected chi connectivity index (χ1v) is 10.9. The maximum Gasteiger partial charge on any atom is 0.231 e. The van der Waals surface area contributed by atoms with Gasteiger partial charge in [-0.15, -0.1) is 0 Å². The SMILES string of the molecule is CCOc1cc(CNC(=O)C[C@H]2COc3ccccc3NC2=O)cc(OCC)c1OCC. The first kappa shape index (κ1) is 23.2. The summed E-state index contributed by atoms with van der Waals surface area (Å²) in [6.07, 6.45) is 0.0213. The first-order valence-electron chi connectivity index (χ1n) is 10.9. The summed E-state index contributed by atoms with van der Waals surface area (Å²) in [6.45, 7) is 7.51. The molecule has 0 aromatic heterocycles. The lowest BCUT2D eigenvalue weighted by molar-refractivity contribution is -0.128. The molecule has 0 saturated carbocycles. The highest BCUT2D eigenvalue weighted by Gasteiger charge is 2.27. The molecule has 172 valence electrons. The number of carbonyl (C=O) groups is 2. The van der Waals surface area contributed by atoms with Crippen molar-refractivity contribution in [1.29, 1.82) is 0 Å². The van der Waals surface area contributed by atoms with Crippen LogP contribution in [-0.4, -0.2) is 38.2 Å². The molecule has 1 atom stereocenters. The van der Waals surface area contributed by atoms with Crippen molar-refractivity contribution in [1.82, 2.24) is 5.32 Å². The van der Waals surface area contributed by atoms with Gasteiger partial charge in [-0.05, 0) is 50.6 Å². The molecule has 2 amide bonds. The van der Waals surface area contributed by atoms with E-state index in [1.807, 2.05) is 45.0 Å². The van der Waals surface area contributed by atoms with Gasteiger partial charge in [0.15, 0.2) is 11.5 Å². The molecular formula is C24H30N2O6. The molecule has 8 nitrogen and oxygen atoms in total. The minimum absolute atomic E-state index is 0.0213. The van der Waals surface area contributed by atoms with Crippen molar-refractivity contribution in [2.45, 2.75) is 33.7 Å². The molecule has 8 heteroatoms. The lowest BCUT2D eigenvalue weighted by Crippen LogP contribution is -2.32. The van der Waals surface area contributed by atoms with E-state index in [2.05, 4.69) is 10.6 Å². The molecule has 1 aliphatic heterocycles. The summed E-state index contributed by atoms with van der Waals surface area (Å²) in [7, 11) is 0. The number of para-hydroxylation sites is 2. The monoisotopic (exact) mass is 442 g/mol. The zero-order valence-corrected chi connectivity index (χ0v) is 18.7. The Bertz CT molecular complexity index is 919. The van der Waals surface area contributed by atoms with Crippen LogP contribution in [0.1, 0.15) is 32.8 Å². The van der Waals surface area contributed by atoms with E-state index in [0.29, 0.717) is 48.5 Å². The van der Waals surface area contributed by atoms with E-state index in [9.17, 15) is 9.59 Å². The predicted molar refractivity (Wildman–Crippen MR) is 120 cm³/mol. The third-order valence-electron chi connectivity index (χ3n) is 4.85. The minimum atomic E-state index is -0.583. The quantitative estimate of drug-likeness (QED) is 0.585. The van der Waals surface area contributed by atoms with E-state index in [-0.39, 0.29) is 31.4 Å². The highest BCUT2D eigenvalue weighted by atomic mass is 16.5. The van der Waals surface area contributed by atoms with E-state index in [0.717, 1.165) is 5.56 Å². The maximum atomic E-state index is 12.6. The zero-order valence-electron chi connectivity index (χ0n) is 18.7. The number of fused-ring (bicyclic) bond motifs is 1. The highest BCUT2D eigenvalue weighted by Crippen LogP contribution is 2.39. The Labute approximate surface area is 188 Å². The minimum Gasteiger partial charge on any atom is -0.491 e. The second-order valence-electron chi connectivity index (χ2n) is 7.19. The van der Waals surface area contributed by atoms with Gasteiger partial charge in [-0.2, -0.15) is 0 Å². The standard InChI is InChI=1S/C24H30N2O6/c1-4-29-20-11-16(12-21(30-5-2)23(20)31-6-3)14-25-22(27)13-17-15-32-19-10-8-7-9-18(19)26-24(17)28/h7-12,17H,4-6,13-15H2,1-3H3,(H,25,27)(H,26,28)/t17-/m0/s1. The number of benzene rings is 2. The number of ether oxygens (including phenoxy) is 4. The summed E-state index contributed by atoms with van der Waals surface area (Å²) < 4.78 is 22.8. The molecule has 1 aliphatic rings. The van der Waals surface area contributed by atoms with Gasteiger partial charge in [-0.25, -0.2) is 0 Å². The van der Waals surface area contributed by atoms with Crippen molar-refractivity contribution in [3.63, 3.8) is 0 Å². The van der Waals surface area contributed by atoms with Crippen LogP contribution in [0.4, 0.5) is 5.69 Å². The molecule has 0 radical (unpaired) electrons. The third-order valence-corrected chi connectivity index (χ3v) is 4.85. The van der Waals surface area contributed by atoms with Gasteiger partial charge in [-0.1, -0.05) is 12.1 Å². The smallest absolute Gasteiger partial charge is 0.231 e. The van der Waals surface area contributed by atoms with E-state index in [1.165, 1.54) is 0 Å². The van der Waals surface area contributed by atoms with Gasteiger partial charge in [-0.3, -0.25) is 9.59 Å². The van der Waals surface area contributed by atoms with Crippen molar-refractivity contribution >= 4 is 17.5 Å². The zero-order chi connectivity index (χ0) is 22.9. The number of rotatable bonds is 10. The van der Waals surface area contributed by atoms with Crippen molar-refractivity contribution in [3.05, 3.63) is 42.0 Å². The van der Waals surface area contributed by atoms with Crippen molar-refractivity contribution in [2.24, 2.45) is 5.92 Å². The van der Waals surface area contributed by atoms with Gasteiger partial charge >= 0.3 is 0 Å². The topological polar surface area (TPSA) is 95.1 Å². The van der Waals surface area contributed by atoms with Crippen LogP contribution in [0, 0.1) is 5.92 Å².